The van der Waals surface area contributed by atoms with Crippen molar-refractivity contribution >= 4 is 0 Å². The average molecular weight is 253 g/mol. The van der Waals surface area contributed by atoms with E-state index in [0.29, 0.717) is 0 Å². The summed E-state index contributed by atoms with van der Waals surface area (Å²) in [5.41, 5.74) is -0.191. The SMILES string of the molecule is CCCNC(C)(CO)CCn1ccnc1CCC. The summed E-state index contributed by atoms with van der Waals surface area (Å²) >= 11 is 0. The minimum atomic E-state index is -0.191. The molecular formula is C14H27N3O. The highest BCUT2D eigenvalue weighted by atomic mass is 16.3. The van der Waals surface area contributed by atoms with Crippen LogP contribution in [0.5, 0.6) is 0 Å². The van der Waals surface area contributed by atoms with Gasteiger partial charge in [-0.25, -0.2) is 4.98 Å². The van der Waals surface area contributed by atoms with E-state index in [2.05, 4.69) is 35.6 Å². The van der Waals surface area contributed by atoms with Crippen LogP contribution in [0.15, 0.2) is 12.4 Å². The Hall–Kier alpha value is -0.870. The highest BCUT2D eigenvalue weighted by Crippen LogP contribution is 2.12. The molecule has 4 heteroatoms. The molecule has 0 saturated carbocycles. The van der Waals surface area contributed by atoms with Crippen LogP contribution >= 0.6 is 0 Å². The lowest BCUT2D eigenvalue weighted by Crippen LogP contribution is -2.46. The zero-order valence-corrected chi connectivity index (χ0v) is 11.9. The molecule has 1 aromatic heterocycles. The van der Waals surface area contributed by atoms with Crippen LogP contribution in [0.25, 0.3) is 0 Å². The molecule has 0 amide bonds. The molecule has 0 aliphatic carbocycles. The number of aliphatic hydroxyl groups is 1. The van der Waals surface area contributed by atoms with E-state index >= 15 is 0 Å². The minimum absolute atomic E-state index is 0.171. The van der Waals surface area contributed by atoms with Gasteiger partial charge in [-0.1, -0.05) is 13.8 Å². The molecule has 1 heterocycles. The maximum Gasteiger partial charge on any atom is 0.108 e. The number of rotatable bonds is 9. The molecule has 0 radical (unpaired) electrons. The lowest BCUT2D eigenvalue weighted by atomic mass is 9.98. The lowest BCUT2D eigenvalue weighted by Gasteiger charge is -2.29. The molecular weight excluding hydrogens is 226 g/mol. The molecule has 0 aliphatic heterocycles. The zero-order valence-electron chi connectivity index (χ0n) is 11.9. The van der Waals surface area contributed by atoms with Crippen molar-refractivity contribution in [1.29, 1.82) is 0 Å². The summed E-state index contributed by atoms with van der Waals surface area (Å²) in [6, 6.07) is 0. The van der Waals surface area contributed by atoms with E-state index in [0.717, 1.165) is 44.6 Å². The van der Waals surface area contributed by atoms with Crippen molar-refractivity contribution < 1.29 is 5.11 Å². The Morgan fingerprint density at radius 1 is 1.39 bits per heavy atom. The Kier molecular flexibility index (Phi) is 6.36. The van der Waals surface area contributed by atoms with Gasteiger partial charge in [0.15, 0.2) is 0 Å². The molecule has 0 spiro atoms. The highest BCUT2D eigenvalue weighted by molar-refractivity contribution is 4.93. The highest BCUT2D eigenvalue weighted by Gasteiger charge is 2.22. The number of hydrogen-bond donors (Lipinski definition) is 2. The fourth-order valence-electron chi connectivity index (χ4n) is 2.01. The standard InChI is InChI=1S/C14H27N3O/c1-4-6-13-15-9-11-17(13)10-7-14(3,12-18)16-8-5-2/h9,11,16,18H,4-8,10,12H2,1-3H3. The van der Waals surface area contributed by atoms with Crippen LogP contribution in [0.1, 0.15) is 45.9 Å². The van der Waals surface area contributed by atoms with Crippen molar-refractivity contribution in [2.24, 2.45) is 0 Å². The van der Waals surface area contributed by atoms with E-state index in [4.69, 9.17) is 0 Å². The predicted octanol–water partition coefficient (Wildman–Crippen LogP) is 1.98. The Morgan fingerprint density at radius 3 is 2.78 bits per heavy atom. The smallest absolute Gasteiger partial charge is 0.108 e. The van der Waals surface area contributed by atoms with Crippen LogP contribution in [-0.4, -0.2) is 33.3 Å². The summed E-state index contributed by atoms with van der Waals surface area (Å²) < 4.78 is 2.20. The normalized spacial score (nSPS) is 14.7. The van der Waals surface area contributed by atoms with Crippen LogP contribution in [0, 0.1) is 0 Å². The van der Waals surface area contributed by atoms with E-state index in [9.17, 15) is 5.11 Å². The van der Waals surface area contributed by atoms with Crippen LogP contribution in [0.2, 0.25) is 0 Å². The molecule has 4 nitrogen and oxygen atoms in total. The molecule has 1 unspecified atom stereocenters. The first-order valence-corrected chi connectivity index (χ1v) is 7.01. The monoisotopic (exact) mass is 253 g/mol. The van der Waals surface area contributed by atoms with Crippen molar-refractivity contribution in [1.82, 2.24) is 14.9 Å². The maximum atomic E-state index is 9.53. The van der Waals surface area contributed by atoms with Gasteiger partial charge in [0.25, 0.3) is 0 Å². The minimum Gasteiger partial charge on any atom is -0.394 e. The number of nitrogens with zero attached hydrogens (tertiary/aromatic N) is 2. The van der Waals surface area contributed by atoms with Gasteiger partial charge in [0, 0.05) is 30.9 Å². The number of imidazole rings is 1. The molecule has 1 rings (SSSR count). The van der Waals surface area contributed by atoms with Gasteiger partial charge in [-0.05, 0) is 32.7 Å². The quantitative estimate of drug-likeness (QED) is 0.707. The fourth-order valence-corrected chi connectivity index (χ4v) is 2.01. The van der Waals surface area contributed by atoms with Gasteiger partial charge in [-0.2, -0.15) is 0 Å². The molecule has 0 bridgehead atoms. The Balaban J connectivity index is 2.53. The van der Waals surface area contributed by atoms with E-state index in [1.54, 1.807) is 0 Å². The first-order valence-electron chi connectivity index (χ1n) is 7.01. The van der Waals surface area contributed by atoms with Crippen LogP contribution in [0.4, 0.5) is 0 Å². The Bertz CT molecular complexity index is 338. The summed E-state index contributed by atoms with van der Waals surface area (Å²) in [5, 5.41) is 13.0. The predicted molar refractivity (Wildman–Crippen MR) is 74.6 cm³/mol. The van der Waals surface area contributed by atoms with E-state index in [-0.39, 0.29) is 12.1 Å². The van der Waals surface area contributed by atoms with E-state index in [1.165, 1.54) is 0 Å². The second-order valence-corrected chi connectivity index (χ2v) is 5.18. The molecule has 1 aromatic rings. The van der Waals surface area contributed by atoms with Crippen LogP contribution < -0.4 is 5.32 Å². The number of nitrogens with one attached hydrogen (secondary N) is 1. The average Bonchev–Trinajstić information content (AvgIpc) is 2.82. The number of aromatic nitrogens is 2. The molecule has 0 aromatic carbocycles. The van der Waals surface area contributed by atoms with Crippen LogP contribution in [0.3, 0.4) is 0 Å². The molecule has 0 saturated heterocycles. The Morgan fingerprint density at radius 2 is 2.17 bits per heavy atom. The van der Waals surface area contributed by atoms with Gasteiger partial charge in [0.2, 0.25) is 0 Å². The second kappa shape index (κ2) is 7.54. The van der Waals surface area contributed by atoms with Gasteiger partial charge in [-0.3, -0.25) is 0 Å². The second-order valence-electron chi connectivity index (χ2n) is 5.18. The van der Waals surface area contributed by atoms with Gasteiger partial charge < -0.3 is 15.0 Å². The number of aliphatic hydroxyl groups excluding tert-OH is 1. The third-order valence-corrected chi connectivity index (χ3v) is 3.33. The zero-order chi connectivity index (χ0) is 13.4. The van der Waals surface area contributed by atoms with Crippen molar-refractivity contribution in [2.75, 3.05) is 13.2 Å². The lowest BCUT2D eigenvalue weighted by molar-refractivity contribution is 0.161. The number of hydrogen-bond acceptors (Lipinski definition) is 3. The summed E-state index contributed by atoms with van der Waals surface area (Å²) in [5.74, 6) is 1.15. The molecule has 18 heavy (non-hydrogen) atoms. The van der Waals surface area contributed by atoms with E-state index in [1.807, 2.05) is 12.4 Å². The summed E-state index contributed by atoms with van der Waals surface area (Å²) in [6.45, 7) is 8.41. The Labute approximate surface area is 110 Å². The molecule has 1 atom stereocenters. The van der Waals surface area contributed by atoms with Gasteiger partial charge in [-0.15, -0.1) is 0 Å². The van der Waals surface area contributed by atoms with Crippen molar-refractivity contribution in [3.8, 4) is 0 Å². The third kappa shape index (κ3) is 4.42. The van der Waals surface area contributed by atoms with E-state index < -0.39 is 0 Å². The van der Waals surface area contributed by atoms with Gasteiger partial charge in [0.1, 0.15) is 5.82 Å². The maximum absolute atomic E-state index is 9.53. The van der Waals surface area contributed by atoms with Crippen molar-refractivity contribution in [2.45, 2.75) is 58.5 Å². The van der Waals surface area contributed by atoms with Crippen molar-refractivity contribution in [3.63, 3.8) is 0 Å². The fraction of sp³-hybridized carbons (Fsp3) is 0.786. The van der Waals surface area contributed by atoms with Crippen molar-refractivity contribution in [3.05, 3.63) is 18.2 Å². The van der Waals surface area contributed by atoms with Gasteiger partial charge in [0.05, 0.1) is 6.61 Å². The summed E-state index contributed by atoms with van der Waals surface area (Å²) in [7, 11) is 0. The summed E-state index contributed by atoms with van der Waals surface area (Å²) in [6.07, 6.45) is 8.02. The van der Waals surface area contributed by atoms with Gasteiger partial charge >= 0.3 is 0 Å². The third-order valence-electron chi connectivity index (χ3n) is 3.33. The first-order chi connectivity index (χ1) is 8.65. The number of aryl methyl sites for hydroxylation is 2. The summed E-state index contributed by atoms with van der Waals surface area (Å²) in [4.78, 5) is 4.37. The topological polar surface area (TPSA) is 50.1 Å². The molecule has 0 fully saturated rings. The van der Waals surface area contributed by atoms with Crippen LogP contribution in [-0.2, 0) is 13.0 Å². The molecule has 0 aliphatic rings. The first kappa shape index (κ1) is 15.2. The largest absolute Gasteiger partial charge is 0.394 e. The molecule has 104 valence electrons. The molecule has 2 N–H and O–H groups in total.